The molecule has 0 aliphatic carbocycles. The van der Waals surface area contributed by atoms with E-state index in [-0.39, 0.29) is 4.90 Å². The number of ether oxygens (including phenoxy) is 1. The highest BCUT2D eigenvalue weighted by molar-refractivity contribution is 7.90. The van der Waals surface area contributed by atoms with E-state index in [0.717, 1.165) is 25.7 Å². The van der Waals surface area contributed by atoms with Crippen molar-refractivity contribution in [3.05, 3.63) is 24.3 Å². The Morgan fingerprint density at radius 2 is 2.00 bits per heavy atom. The Morgan fingerprint density at radius 3 is 2.67 bits per heavy atom. The van der Waals surface area contributed by atoms with Crippen LogP contribution in [0, 0.1) is 0 Å². The van der Waals surface area contributed by atoms with Gasteiger partial charge in [-0.3, -0.25) is 0 Å². The van der Waals surface area contributed by atoms with Crippen LogP contribution >= 0.6 is 0 Å². The van der Waals surface area contributed by atoms with Crippen LogP contribution in [-0.2, 0) is 10.0 Å². The summed E-state index contributed by atoms with van der Waals surface area (Å²) in [4.78, 5) is 11.6. The maximum absolute atomic E-state index is 12.0. The maximum Gasteiger partial charge on any atom is 0.328 e. The van der Waals surface area contributed by atoms with Crippen molar-refractivity contribution in [2.45, 2.75) is 37.5 Å². The van der Waals surface area contributed by atoms with E-state index < -0.39 is 16.1 Å². The van der Waals surface area contributed by atoms with Crippen molar-refractivity contribution < 1.29 is 17.9 Å². The minimum Gasteiger partial charge on any atom is -0.497 e. The second-order valence-corrected chi connectivity index (χ2v) is 6.28. The third-order valence-corrected chi connectivity index (χ3v) is 4.22. The summed E-state index contributed by atoms with van der Waals surface area (Å²) in [7, 11) is -2.43. The molecule has 0 spiro atoms. The number of rotatable bonds is 8. The zero-order chi connectivity index (χ0) is 15.7. The molecule has 0 aromatic heterocycles. The quantitative estimate of drug-likeness (QED) is 0.721. The molecule has 2 amide bonds. The van der Waals surface area contributed by atoms with Gasteiger partial charge in [-0.1, -0.05) is 32.3 Å². The summed E-state index contributed by atoms with van der Waals surface area (Å²) in [6.07, 6.45) is 4.06. The highest BCUT2D eigenvalue weighted by Crippen LogP contribution is 2.16. The number of methoxy groups -OCH3 is 1. The van der Waals surface area contributed by atoms with Crippen LogP contribution in [0.25, 0.3) is 0 Å². The molecule has 0 saturated heterocycles. The molecule has 0 aliphatic heterocycles. The Balaban J connectivity index is 2.53. The maximum atomic E-state index is 12.0. The normalized spacial score (nSPS) is 11.0. The molecule has 7 heteroatoms. The number of unbranched alkanes of at least 4 members (excludes halogenated alkanes) is 3. The van der Waals surface area contributed by atoms with Crippen molar-refractivity contribution in [1.82, 2.24) is 10.0 Å². The fourth-order valence-electron chi connectivity index (χ4n) is 1.74. The van der Waals surface area contributed by atoms with Gasteiger partial charge in [-0.05, 0) is 18.6 Å². The third kappa shape index (κ3) is 6.03. The number of hydrogen-bond donors (Lipinski definition) is 2. The molecule has 0 unspecified atom stereocenters. The Labute approximate surface area is 125 Å². The average molecular weight is 314 g/mol. The number of carbonyl (C=O) groups excluding carboxylic acids is 1. The largest absolute Gasteiger partial charge is 0.497 e. The zero-order valence-corrected chi connectivity index (χ0v) is 13.2. The van der Waals surface area contributed by atoms with Crippen molar-refractivity contribution in [3.8, 4) is 5.75 Å². The molecule has 118 valence electrons. The van der Waals surface area contributed by atoms with Gasteiger partial charge >= 0.3 is 6.03 Å². The molecule has 6 nitrogen and oxygen atoms in total. The van der Waals surface area contributed by atoms with E-state index in [0.29, 0.717) is 12.3 Å². The molecule has 0 heterocycles. The zero-order valence-electron chi connectivity index (χ0n) is 12.4. The van der Waals surface area contributed by atoms with Crippen molar-refractivity contribution >= 4 is 16.1 Å². The van der Waals surface area contributed by atoms with Crippen molar-refractivity contribution in [3.63, 3.8) is 0 Å². The molecule has 0 aliphatic rings. The van der Waals surface area contributed by atoms with Crippen LogP contribution in [0.5, 0.6) is 5.75 Å². The Hall–Kier alpha value is -1.76. The SMILES string of the molecule is CCCCCCNC(=O)NS(=O)(=O)c1cccc(OC)c1. The number of sulfonamides is 1. The van der Waals surface area contributed by atoms with Gasteiger partial charge in [0.05, 0.1) is 12.0 Å². The topological polar surface area (TPSA) is 84.5 Å². The van der Waals surface area contributed by atoms with Gasteiger partial charge in [0.1, 0.15) is 5.75 Å². The van der Waals surface area contributed by atoms with Crippen molar-refractivity contribution in [2.75, 3.05) is 13.7 Å². The Kier molecular flexibility index (Phi) is 7.01. The minimum atomic E-state index is -3.88. The fraction of sp³-hybridized carbons (Fsp3) is 0.500. The predicted octanol–water partition coefficient (Wildman–Crippen LogP) is 2.26. The van der Waals surface area contributed by atoms with Gasteiger partial charge in [-0.15, -0.1) is 0 Å². The highest BCUT2D eigenvalue weighted by Gasteiger charge is 2.17. The number of benzene rings is 1. The fourth-order valence-corrected chi connectivity index (χ4v) is 2.70. The van der Waals surface area contributed by atoms with E-state index in [4.69, 9.17) is 4.74 Å². The lowest BCUT2D eigenvalue weighted by Gasteiger charge is -2.09. The van der Waals surface area contributed by atoms with Crippen LogP contribution < -0.4 is 14.8 Å². The van der Waals surface area contributed by atoms with E-state index in [2.05, 4.69) is 12.2 Å². The summed E-state index contributed by atoms with van der Waals surface area (Å²) in [5.74, 6) is 0.415. The van der Waals surface area contributed by atoms with Gasteiger partial charge in [0, 0.05) is 12.6 Å². The third-order valence-electron chi connectivity index (χ3n) is 2.89. The van der Waals surface area contributed by atoms with Gasteiger partial charge in [0.15, 0.2) is 0 Å². The molecule has 1 aromatic rings. The monoisotopic (exact) mass is 314 g/mol. The van der Waals surface area contributed by atoms with Crippen LogP contribution in [0.15, 0.2) is 29.2 Å². The highest BCUT2D eigenvalue weighted by atomic mass is 32.2. The van der Waals surface area contributed by atoms with Gasteiger partial charge < -0.3 is 10.1 Å². The standard InChI is InChI=1S/C14H22N2O4S/c1-3-4-5-6-10-15-14(17)16-21(18,19)13-9-7-8-12(11-13)20-2/h7-9,11H,3-6,10H2,1-2H3,(H2,15,16,17). The molecule has 0 atom stereocenters. The Morgan fingerprint density at radius 1 is 1.24 bits per heavy atom. The van der Waals surface area contributed by atoms with Crippen LogP contribution in [0.3, 0.4) is 0 Å². The molecule has 1 aromatic carbocycles. The van der Waals surface area contributed by atoms with Crippen molar-refractivity contribution in [1.29, 1.82) is 0 Å². The molecule has 0 saturated carbocycles. The second-order valence-electron chi connectivity index (χ2n) is 4.60. The first-order valence-corrected chi connectivity index (χ1v) is 8.42. The molecular weight excluding hydrogens is 292 g/mol. The molecule has 2 N–H and O–H groups in total. The van der Waals surface area contributed by atoms with Gasteiger partial charge in [-0.2, -0.15) is 0 Å². The lowest BCUT2D eigenvalue weighted by atomic mass is 10.2. The van der Waals surface area contributed by atoms with Crippen LogP contribution in [0.2, 0.25) is 0 Å². The molecule has 0 radical (unpaired) electrons. The van der Waals surface area contributed by atoms with Crippen LogP contribution in [0.1, 0.15) is 32.6 Å². The van der Waals surface area contributed by atoms with Gasteiger partial charge in [0.2, 0.25) is 0 Å². The molecular formula is C14H22N2O4S. The molecule has 21 heavy (non-hydrogen) atoms. The second kappa shape index (κ2) is 8.51. The number of amides is 2. The van der Waals surface area contributed by atoms with Gasteiger partial charge in [-0.25, -0.2) is 17.9 Å². The van der Waals surface area contributed by atoms with E-state index in [1.807, 2.05) is 4.72 Å². The van der Waals surface area contributed by atoms with Crippen LogP contribution in [0.4, 0.5) is 4.79 Å². The molecule has 0 fully saturated rings. The average Bonchev–Trinajstić information content (AvgIpc) is 2.46. The first kappa shape index (κ1) is 17.3. The number of urea groups is 1. The number of nitrogens with one attached hydrogen (secondary N) is 2. The summed E-state index contributed by atoms with van der Waals surface area (Å²) in [5, 5.41) is 2.54. The Bertz CT molecular complexity index is 558. The first-order valence-electron chi connectivity index (χ1n) is 6.94. The summed E-state index contributed by atoms with van der Waals surface area (Å²) in [6, 6.07) is 5.23. The summed E-state index contributed by atoms with van der Waals surface area (Å²) >= 11 is 0. The van der Waals surface area contributed by atoms with E-state index in [1.165, 1.54) is 19.2 Å². The summed E-state index contributed by atoms with van der Waals surface area (Å²) < 4.78 is 31.0. The summed E-state index contributed by atoms with van der Waals surface area (Å²) in [6.45, 7) is 2.56. The van der Waals surface area contributed by atoms with E-state index >= 15 is 0 Å². The summed E-state index contributed by atoms with van der Waals surface area (Å²) in [5.41, 5.74) is 0. The number of carbonyl (C=O) groups is 1. The molecule has 1 rings (SSSR count). The smallest absolute Gasteiger partial charge is 0.328 e. The lowest BCUT2D eigenvalue weighted by molar-refractivity contribution is 0.245. The van der Waals surface area contributed by atoms with Crippen molar-refractivity contribution in [2.24, 2.45) is 0 Å². The predicted molar refractivity (Wildman–Crippen MR) is 80.9 cm³/mol. The van der Waals surface area contributed by atoms with Gasteiger partial charge in [0.25, 0.3) is 10.0 Å². The number of hydrogen-bond acceptors (Lipinski definition) is 4. The van der Waals surface area contributed by atoms with E-state index in [9.17, 15) is 13.2 Å². The lowest BCUT2D eigenvalue weighted by Crippen LogP contribution is -2.39. The first-order chi connectivity index (χ1) is 9.99. The van der Waals surface area contributed by atoms with Crippen LogP contribution in [-0.4, -0.2) is 28.1 Å². The van der Waals surface area contributed by atoms with E-state index in [1.54, 1.807) is 12.1 Å². The molecule has 0 bridgehead atoms. The minimum absolute atomic E-state index is 0.0111.